The Labute approximate surface area is 245 Å². The highest BCUT2D eigenvalue weighted by Gasteiger charge is 2.21. The Morgan fingerprint density at radius 3 is 1.60 bits per heavy atom. The van der Waals surface area contributed by atoms with Crippen LogP contribution in [0.25, 0.3) is 76.9 Å². The average molecular weight is 549 g/mol. The van der Waals surface area contributed by atoms with E-state index in [1.54, 1.807) is 0 Å². The topological polar surface area (TPSA) is 70.6 Å². The molecule has 9 rings (SSSR count). The van der Waals surface area contributed by atoms with Gasteiger partial charge in [-0.2, -0.15) is 10.5 Å². The minimum absolute atomic E-state index is 0.610. The quantitative estimate of drug-likeness (QED) is 0.216. The van der Waals surface area contributed by atoms with Gasteiger partial charge in [0.15, 0.2) is 5.58 Å². The number of rotatable bonds is 2. The smallest absolute Gasteiger partial charge is 0.159 e. The molecular weight excluding hydrogens is 528 g/mol. The number of nitrogens with zero attached hydrogens (tertiary/aromatic N) is 4. The van der Waals surface area contributed by atoms with Crippen LogP contribution in [0.15, 0.2) is 126 Å². The van der Waals surface area contributed by atoms with Crippen molar-refractivity contribution in [1.82, 2.24) is 9.13 Å². The lowest BCUT2D eigenvalue weighted by atomic mass is 10.1. The number of nitriles is 2. The molecule has 0 radical (unpaired) electrons. The molecule has 198 valence electrons. The fraction of sp³-hybridized carbons (Fsp3) is 0. The second-order valence-electron chi connectivity index (χ2n) is 10.8. The second-order valence-corrected chi connectivity index (χ2v) is 10.8. The number of hydrogen-bond donors (Lipinski definition) is 0. The molecule has 6 aromatic carbocycles. The van der Waals surface area contributed by atoms with Crippen molar-refractivity contribution >= 4 is 65.6 Å². The molecule has 9 aromatic rings. The minimum Gasteiger partial charge on any atom is -0.454 e. The number of furan rings is 1. The van der Waals surface area contributed by atoms with Gasteiger partial charge in [0.2, 0.25) is 0 Å². The monoisotopic (exact) mass is 548 g/mol. The van der Waals surface area contributed by atoms with Crippen molar-refractivity contribution in [1.29, 1.82) is 10.5 Å². The molecule has 0 aliphatic rings. The third-order valence-corrected chi connectivity index (χ3v) is 8.57. The molecule has 0 saturated heterocycles. The van der Waals surface area contributed by atoms with E-state index >= 15 is 0 Å². The van der Waals surface area contributed by atoms with Crippen LogP contribution in [0.1, 0.15) is 11.1 Å². The number of benzene rings is 6. The number of hydrogen-bond acceptors (Lipinski definition) is 3. The first-order chi connectivity index (χ1) is 21.2. The maximum absolute atomic E-state index is 9.72. The summed E-state index contributed by atoms with van der Waals surface area (Å²) in [5, 5.41) is 25.9. The molecule has 0 unspecified atom stereocenters. The van der Waals surface area contributed by atoms with Crippen molar-refractivity contribution < 1.29 is 4.42 Å². The predicted octanol–water partition coefficient (Wildman–Crippen LogP) is 9.52. The summed E-state index contributed by atoms with van der Waals surface area (Å²) in [6.45, 7) is 0. The maximum Gasteiger partial charge on any atom is 0.159 e. The molecule has 0 atom stereocenters. The molecule has 0 aliphatic carbocycles. The van der Waals surface area contributed by atoms with E-state index in [0.717, 1.165) is 76.9 Å². The van der Waals surface area contributed by atoms with Gasteiger partial charge in [-0.15, -0.1) is 0 Å². The maximum atomic E-state index is 9.72. The normalized spacial score (nSPS) is 11.7. The van der Waals surface area contributed by atoms with E-state index in [1.807, 2.05) is 72.8 Å². The number of aromatic nitrogens is 2. The Morgan fingerprint density at radius 1 is 0.465 bits per heavy atom. The molecule has 0 fully saturated rings. The summed E-state index contributed by atoms with van der Waals surface area (Å²) in [5.74, 6) is 0. The summed E-state index contributed by atoms with van der Waals surface area (Å²) < 4.78 is 11.2. The summed E-state index contributed by atoms with van der Waals surface area (Å²) in [6.07, 6.45) is 0. The summed E-state index contributed by atoms with van der Waals surface area (Å²) in [6, 6.07) is 45.4. The number of fused-ring (bicyclic) bond motifs is 9. The molecule has 0 saturated carbocycles. The van der Waals surface area contributed by atoms with Gasteiger partial charge >= 0.3 is 0 Å². The Kier molecular flexibility index (Phi) is 4.68. The highest BCUT2D eigenvalue weighted by molar-refractivity contribution is 6.17. The average Bonchev–Trinajstić information content (AvgIpc) is 3.71. The van der Waals surface area contributed by atoms with Gasteiger partial charge in [-0.3, -0.25) is 0 Å². The minimum atomic E-state index is 0.610. The lowest BCUT2D eigenvalue weighted by molar-refractivity contribution is 0.666. The zero-order valence-electron chi connectivity index (χ0n) is 22.7. The zero-order chi connectivity index (χ0) is 28.7. The molecule has 0 aliphatic heterocycles. The number of para-hydroxylation sites is 3. The van der Waals surface area contributed by atoms with Gasteiger partial charge in [0.25, 0.3) is 0 Å². The van der Waals surface area contributed by atoms with E-state index in [9.17, 15) is 10.5 Å². The van der Waals surface area contributed by atoms with Crippen LogP contribution in [-0.4, -0.2) is 9.13 Å². The molecule has 43 heavy (non-hydrogen) atoms. The molecular formula is C38H20N4O. The van der Waals surface area contributed by atoms with Gasteiger partial charge in [0.05, 0.1) is 62.1 Å². The summed E-state index contributed by atoms with van der Waals surface area (Å²) in [7, 11) is 0. The molecule has 0 bridgehead atoms. The third kappa shape index (κ3) is 3.14. The fourth-order valence-electron chi connectivity index (χ4n) is 6.78. The van der Waals surface area contributed by atoms with Gasteiger partial charge in [0.1, 0.15) is 5.58 Å². The lowest BCUT2D eigenvalue weighted by Gasteiger charge is -2.10. The van der Waals surface area contributed by atoms with Crippen LogP contribution in [0.4, 0.5) is 0 Å². The first-order valence-corrected chi connectivity index (χ1v) is 14.1. The Hall–Kier alpha value is -6.30. The van der Waals surface area contributed by atoms with Crippen LogP contribution < -0.4 is 0 Å². The Bertz CT molecular complexity index is 2710. The molecule has 5 heteroatoms. The van der Waals surface area contributed by atoms with E-state index in [2.05, 4.69) is 69.8 Å². The largest absolute Gasteiger partial charge is 0.454 e. The fourth-order valence-corrected chi connectivity index (χ4v) is 6.78. The molecule has 5 nitrogen and oxygen atoms in total. The zero-order valence-corrected chi connectivity index (χ0v) is 22.7. The predicted molar refractivity (Wildman–Crippen MR) is 172 cm³/mol. The highest BCUT2D eigenvalue weighted by Crippen LogP contribution is 2.42. The first-order valence-electron chi connectivity index (χ1n) is 14.1. The van der Waals surface area contributed by atoms with Crippen molar-refractivity contribution in [2.24, 2.45) is 0 Å². The van der Waals surface area contributed by atoms with Crippen molar-refractivity contribution in [3.63, 3.8) is 0 Å². The Morgan fingerprint density at radius 2 is 0.977 bits per heavy atom. The molecule has 3 aromatic heterocycles. The molecule has 0 amide bonds. The summed E-state index contributed by atoms with van der Waals surface area (Å²) >= 11 is 0. The molecule has 0 N–H and O–H groups in total. The van der Waals surface area contributed by atoms with Crippen LogP contribution in [0.5, 0.6) is 0 Å². The van der Waals surface area contributed by atoms with E-state index < -0.39 is 0 Å². The standard InChI is InChI=1S/C38H20N4O/c39-21-23-15-17-27-25-7-1-3-10-30(25)41(34(27)19-23)32-12-6-14-36-37(32)29-9-5-13-33(38(29)43-36)42-31-11-4-2-8-26(31)28-18-16-24(22-40)20-35(28)42/h1-20H. The van der Waals surface area contributed by atoms with Crippen molar-refractivity contribution in [3.8, 4) is 23.5 Å². The van der Waals surface area contributed by atoms with Crippen LogP contribution in [0.3, 0.4) is 0 Å². The van der Waals surface area contributed by atoms with Crippen molar-refractivity contribution in [2.75, 3.05) is 0 Å². The summed E-state index contributed by atoms with van der Waals surface area (Å²) in [4.78, 5) is 0. The van der Waals surface area contributed by atoms with E-state index in [1.165, 1.54) is 0 Å². The first kappa shape index (κ1) is 23.4. The van der Waals surface area contributed by atoms with Crippen LogP contribution in [-0.2, 0) is 0 Å². The van der Waals surface area contributed by atoms with Gasteiger partial charge in [-0.25, -0.2) is 0 Å². The van der Waals surface area contributed by atoms with E-state index in [-0.39, 0.29) is 0 Å². The Balaban J connectivity index is 1.41. The van der Waals surface area contributed by atoms with Crippen molar-refractivity contribution in [2.45, 2.75) is 0 Å². The molecule has 0 spiro atoms. The van der Waals surface area contributed by atoms with Gasteiger partial charge in [0, 0.05) is 26.9 Å². The van der Waals surface area contributed by atoms with Gasteiger partial charge < -0.3 is 13.6 Å². The lowest BCUT2D eigenvalue weighted by Crippen LogP contribution is -1.96. The van der Waals surface area contributed by atoms with Crippen LogP contribution >= 0.6 is 0 Å². The van der Waals surface area contributed by atoms with Gasteiger partial charge in [-0.05, 0) is 54.6 Å². The summed E-state index contributed by atoms with van der Waals surface area (Å²) in [5.41, 5.74) is 8.73. The van der Waals surface area contributed by atoms with E-state index in [0.29, 0.717) is 11.1 Å². The van der Waals surface area contributed by atoms with Crippen LogP contribution in [0.2, 0.25) is 0 Å². The van der Waals surface area contributed by atoms with E-state index in [4.69, 9.17) is 4.42 Å². The van der Waals surface area contributed by atoms with Gasteiger partial charge in [-0.1, -0.05) is 66.7 Å². The second kappa shape index (κ2) is 8.60. The third-order valence-electron chi connectivity index (χ3n) is 8.57. The van der Waals surface area contributed by atoms with Crippen molar-refractivity contribution in [3.05, 3.63) is 132 Å². The van der Waals surface area contributed by atoms with Crippen LogP contribution in [0, 0.1) is 22.7 Å². The highest BCUT2D eigenvalue weighted by atomic mass is 16.3. The SMILES string of the molecule is N#Cc1ccc2c3ccccc3n(-c3cccc4c3oc3cccc(-n5c6ccccc6c6ccc(C#N)cc65)c34)c2c1. The molecule has 3 heterocycles.